The summed E-state index contributed by atoms with van der Waals surface area (Å²) in [5.41, 5.74) is 0. The average molecular weight is 1180 g/mol. The largest absolute Gasteiger partial charge is 0.394 e. The quantitative estimate of drug-likeness (QED) is 0.0330. The van der Waals surface area contributed by atoms with E-state index in [0.29, 0.717) is 12.8 Å². The highest BCUT2D eigenvalue weighted by Crippen LogP contribution is 2.24. The maximum atomic E-state index is 13.2. The Morgan fingerprint density at radius 2 is 0.602 bits per heavy atom. The third kappa shape index (κ3) is 52.8. The van der Waals surface area contributed by atoms with Gasteiger partial charge in [-0.3, -0.25) is 4.79 Å². The molecule has 0 saturated carbocycles. The molecule has 1 rings (SSSR count). The first-order chi connectivity index (χ1) is 40.8. The Kier molecular flexibility index (Phi) is 62.0. The van der Waals surface area contributed by atoms with E-state index in [1.54, 1.807) is 0 Å². The van der Waals surface area contributed by atoms with E-state index >= 15 is 0 Å². The van der Waals surface area contributed by atoms with Gasteiger partial charge in [0.1, 0.15) is 24.4 Å². The van der Waals surface area contributed by atoms with Gasteiger partial charge in [0.25, 0.3) is 0 Å². The molecule has 0 aromatic carbocycles. The number of aliphatic hydroxyl groups excluding tert-OH is 5. The summed E-state index contributed by atoms with van der Waals surface area (Å²) in [5.74, 6) is -0.133. The Morgan fingerprint density at radius 3 is 0.855 bits per heavy atom. The molecule has 0 spiro atoms. The molecule has 1 heterocycles. The molecule has 1 aliphatic heterocycles. The van der Waals surface area contributed by atoms with Gasteiger partial charge in [-0.05, 0) is 12.8 Å². The molecule has 0 aromatic rings. The number of nitrogens with one attached hydrogen (secondary N) is 1. The smallest absolute Gasteiger partial charge is 0.220 e. The van der Waals surface area contributed by atoms with Crippen molar-refractivity contribution < 1.29 is 39.8 Å². The van der Waals surface area contributed by atoms with E-state index < -0.39 is 49.5 Å². The first kappa shape index (κ1) is 80.2. The zero-order valence-corrected chi connectivity index (χ0v) is 55.8. The van der Waals surface area contributed by atoms with E-state index in [0.717, 1.165) is 38.5 Å². The van der Waals surface area contributed by atoms with Crippen LogP contribution in [0.3, 0.4) is 0 Å². The highest BCUT2D eigenvalue weighted by molar-refractivity contribution is 5.76. The van der Waals surface area contributed by atoms with Gasteiger partial charge >= 0.3 is 0 Å². The molecule has 7 atom stereocenters. The van der Waals surface area contributed by atoms with Crippen molar-refractivity contribution in [1.82, 2.24) is 5.32 Å². The van der Waals surface area contributed by atoms with Crippen LogP contribution in [0, 0.1) is 0 Å². The number of aliphatic hydroxyl groups is 5. The predicted octanol–water partition coefficient (Wildman–Crippen LogP) is 20.9. The molecular weight excluding hydrogens is 1030 g/mol. The van der Waals surface area contributed by atoms with Crippen molar-refractivity contribution in [2.75, 3.05) is 13.2 Å². The summed E-state index contributed by atoms with van der Waals surface area (Å²) in [5, 5.41) is 54.9. The van der Waals surface area contributed by atoms with Crippen LogP contribution in [0.1, 0.15) is 412 Å². The summed E-state index contributed by atoms with van der Waals surface area (Å²) in [7, 11) is 0. The molecule has 0 aromatic heterocycles. The highest BCUT2D eigenvalue weighted by Gasteiger charge is 2.44. The van der Waals surface area contributed by atoms with Crippen molar-refractivity contribution in [1.29, 1.82) is 0 Å². The summed E-state index contributed by atoms with van der Waals surface area (Å²) >= 11 is 0. The first-order valence-corrected chi connectivity index (χ1v) is 37.7. The summed E-state index contributed by atoms with van der Waals surface area (Å²) < 4.78 is 11.4. The molecule has 0 radical (unpaired) electrons. The van der Waals surface area contributed by atoms with Gasteiger partial charge < -0.3 is 40.3 Å². The second-order valence-electron chi connectivity index (χ2n) is 26.8. The highest BCUT2D eigenvalue weighted by atomic mass is 16.7. The lowest BCUT2D eigenvalue weighted by Gasteiger charge is -2.40. The lowest BCUT2D eigenvalue weighted by Crippen LogP contribution is -2.60. The van der Waals surface area contributed by atoms with Crippen LogP contribution >= 0.6 is 0 Å². The van der Waals surface area contributed by atoms with Gasteiger partial charge in [0.15, 0.2) is 6.29 Å². The third-order valence-electron chi connectivity index (χ3n) is 18.7. The molecule has 496 valence electrons. The number of ether oxygens (including phenoxy) is 2. The zero-order chi connectivity index (χ0) is 60.0. The molecule has 6 N–H and O–H groups in total. The second kappa shape index (κ2) is 64.2. The molecule has 7 unspecified atom stereocenters. The Labute approximate surface area is 516 Å². The number of unbranched alkanes of at least 4 members (excludes halogenated alkanes) is 58. The monoisotopic (exact) mass is 1180 g/mol. The van der Waals surface area contributed by atoms with Crippen LogP contribution in [0.2, 0.25) is 0 Å². The molecule has 1 aliphatic rings. The molecule has 1 amide bonds. The first-order valence-electron chi connectivity index (χ1n) is 37.7. The van der Waals surface area contributed by atoms with Crippen molar-refractivity contribution in [3.8, 4) is 0 Å². The minimum Gasteiger partial charge on any atom is -0.394 e. The number of rotatable bonds is 68. The number of carbonyl (C=O) groups excluding carboxylic acids is 1. The van der Waals surface area contributed by atoms with Crippen molar-refractivity contribution in [3.05, 3.63) is 0 Å². The van der Waals surface area contributed by atoms with Crippen molar-refractivity contribution in [2.45, 2.75) is 455 Å². The van der Waals surface area contributed by atoms with Gasteiger partial charge in [0.2, 0.25) is 5.91 Å². The maximum absolute atomic E-state index is 13.2. The zero-order valence-electron chi connectivity index (χ0n) is 55.8. The Morgan fingerprint density at radius 1 is 0.361 bits per heavy atom. The van der Waals surface area contributed by atoms with Crippen molar-refractivity contribution >= 4 is 5.91 Å². The molecule has 0 bridgehead atoms. The number of hydrogen-bond donors (Lipinski definition) is 6. The summed E-state index contributed by atoms with van der Waals surface area (Å²) in [4.78, 5) is 13.2. The average Bonchev–Trinajstić information content (AvgIpc) is 3.50. The third-order valence-corrected chi connectivity index (χ3v) is 18.7. The summed E-state index contributed by atoms with van der Waals surface area (Å²) in [6, 6.07) is -0.715. The van der Waals surface area contributed by atoms with Crippen LogP contribution in [0.25, 0.3) is 0 Å². The van der Waals surface area contributed by atoms with Crippen molar-refractivity contribution in [2.24, 2.45) is 0 Å². The van der Waals surface area contributed by atoms with Crippen LogP contribution in [0.5, 0.6) is 0 Å². The Hall–Kier alpha value is -0.810. The van der Waals surface area contributed by atoms with E-state index in [1.165, 1.54) is 347 Å². The Bertz CT molecular complexity index is 1270. The van der Waals surface area contributed by atoms with E-state index in [2.05, 4.69) is 19.2 Å². The minimum atomic E-state index is -1.55. The molecule has 1 saturated heterocycles. The van der Waals surface area contributed by atoms with Gasteiger partial charge in [-0.15, -0.1) is 0 Å². The SMILES string of the molecule is CCCCCCCCCCCCCCCCCCCCCCCCCCCCCCCCCCCCCCCCCCC(=O)NC(COC1OC(CO)C(O)C(O)C1O)C(O)CCCCCCCCCCCCCCCCCCCCCC. The van der Waals surface area contributed by atoms with E-state index in [9.17, 15) is 30.3 Å². The minimum absolute atomic E-state index is 0.130. The van der Waals surface area contributed by atoms with Crippen molar-refractivity contribution in [3.63, 3.8) is 0 Å². The van der Waals surface area contributed by atoms with E-state index in [1.807, 2.05) is 0 Å². The summed E-state index contributed by atoms with van der Waals surface area (Å²) in [6.07, 6.45) is 75.0. The molecule has 0 aliphatic carbocycles. The van der Waals surface area contributed by atoms with Gasteiger partial charge in [-0.2, -0.15) is 0 Å². The van der Waals surface area contributed by atoms with Gasteiger partial charge in [0.05, 0.1) is 25.4 Å². The van der Waals surface area contributed by atoms with E-state index in [-0.39, 0.29) is 12.5 Å². The number of carbonyl (C=O) groups is 1. The number of amides is 1. The van der Waals surface area contributed by atoms with E-state index in [4.69, 9.17) is 9.47 Å². The fraction of sp³-hybridized carbons (Fsp3) is 0.986. The molecular formula is C74H147NO8. The topological polar surface area (TPSA) is 149 Å². The van der Waals surface area contributed by atoms with Crippen LogP contribution < -0.4 is 5.32 Å². The Balaban J connectivity index is 2.00. The predicted molar refractivity (Wildman–Crippen MR) is 355 cm³/mol. The molecule has 83 heavy (non-hydrogen) atoms. The summed E-state index contributed by atoms with van der Waals surface area (Å²) in [6.45, 7) is 3.91. The van der Waals surface area contributed by atoms with Crippen LogP contribution in [-0.2, 0) is 14.3 Å². The second-order valence-corrected chi connectivity index (χ2v) is 26.8. The molecule has 9 heteroatoms. The lowest BCUT2D eigenvalue weighted by molar-refractivity contribution is -0.302. The lowest BCUT2D eigenvalue weighted by atomic mass is 9.99. The fourth-order valence-electron chi connectivity index (χ4n) is 12.8. The molecule has 1 fully saturated rings. The van der Waals surface area contributed by atoms with Gasteiger partial charge in [-0.25, -0.2) is 0 Å². The standard InChI is InChI=1S/C74H147NO8/c1-3-5-7-9-11-13-15-17-19-21-23-25-26-27-28-29-30-31-32-33-34-35-36-37-38-39-40-41-42-43-44-46-48-50-52-54-56-58-60-62-64-70(78)75-67(66-82-74-73(81)72(80)71(79)69(65-76)83-74)68(77)63-61-59-57-55-53-51-49-47-45-24-22-20-18-16-14-12-10-8-6-4-2/h67-69,71-74,76-77,79-81H,3-66H2,1-2H3,(H,75,78). The van der Waals surface area contributed by atoms with Crippen LogP contribution in [-0.4, -0.2) is 87.5 Å². The number of hydrogen-bond acceptors (Lipinski definition) is 8. The maximum Gasteiger partial charge on any atom is 0.220 e. The van der Waals surface area contributed by atoms with Crippen LogP contribution in [0.15, 0.2) is 0 Å². The van der Waals surface area contributed by atoms with Gasteiger partial charge in [-0.1, -0.05) is 393 Å². The molecule has 9 nitrogen and oxygen atoms in total. The van der Waals surface area contributed by atoms with Crippen LogP contribution in [0.4, 0.5) is 0 Å². The normalized spacial score (nSPS) is 18.1. The fourth-order valence-corrected chi connectivity index (χ4v) is 12.8. The van der Waals surface area contributed by atoms with Gasteiger partial charge in [0, 0.05) is 6.42 Å².